The van der Waals surface area contributed by atoms with Crippen LogP contribution in [0.25, 0.3) is 0 Å². The minimum atomic E-state index is -0.308. The largest absolute Gasteiger partial charge is 0.378 e. The number of benzene rings is 1. The lowest BCUT2D eigenvalue weighted by atomic mass is 10.1. The molecule has 112 valence electrons. The Balaban J connectivity index is 0.00000200. The number of amides is 1. The zero-order chi connectivity index (χ0) is 13.7. The molecule has 0 bridgehead atoms. The number of carbonyl (C=O) groups excluding carboxylic acids is 1. The number of hydrogen-bond donors (Lipinski definition) is 2. The monoisotopic (exact) mass is 302 g/mol. The standard InChI is InChI=1S/C14H19FN2O2.ClH/c1-10(8-11-4-2-3-5-12(11)15)17-14(18)13-9-19-7-6-16-13;/h2-5,10,13,16H,6-9H2,1H3,(H,17,18);1H. The molecule has 1 aliphatic heterocycles. The molecule has 1 heterocycles. The molecule has 0 aliphatic carbocycles. The van der Waals surface area contributed by atoms with E-state index >= 15 is 0 Å². The highest BCUT2D eigenvalue weighted by Gasteiger charge is 2.22. The predicted octanol–water partition coefficient (Wildman–Crippen LogP) is 1.28. The maximum Gasteiger partial charge on any atom is 0.239 e. The fourth-order valence-corrected chi connectivity index (χ4v) is 2.12. The predicted molar refractivity (Wildman–Crippen MR) is 77.6 cm³/mol. The van der Waals surface area contributed by atoms with E-state index in [1.54, 1.807) is 18.2 Å². The highest BCUT2D eigenvalue weighted by molar-refractivity contribution is 5.85. The van der Waals surface area contributed by atoms with Gasteiger partial charge >= 0.3 is 0 Å². The molecule has 6 heteroatoms. The number of ether oxygens (including phenoxy) is 1. The molecule has 0 spiro atoms. The topological polar surface area (TPSA) is 50.4 Å². The molecular formula is C14H20ClFN2O2. The molecule has 1 aromatic rings. The molecule has 1 aliphatic rings. The molecule has 1 amide bonds. The zero-order valence-corrected chi connectivity index (χ0v) is 12.2. The maximum atomic E-state index is 13.5. The fourth-order valence-electron chi connectivity index (χ4n) is 2.12. The van der Waals surface area contributed by atoms with Crippen molar-refractivity contribution in [2.75, 3.05) is 19.8 Å². The van der Waals surface area contributed by atoms with Crippen LogP contribution in [0.1, 0.15) is 12.5 Å². The van der Waals surface area contributed by atoms with Crippen molar-refractivity contribution in [1.82, 2.24) is 10.6 Å². The second kappa shape index (κ2) is 8.19. The van der Waals surface area contributed by atoms with Crippen LogP contribution in [0.2, 0.25) is 0 Å². The van der Waals surface area contributed by atoms with Gasteiger partial charge in [-0.05, 0) is 25.0 Å². The molecule has 2 atom stereocenters. The Hall–Kier alpha value is -1.17. The first-order valence-corrected chi connectivity index (χ1v) is 6.51. The molecule has 2 N–H and O–H groups in total. The second-order valence-corrected chi connectivity index (χ2v) is 4.79. The molecule has 0 aromatic heterocycles. The number of rotatable bonds is 4. The minimum absolute atomic E-state index is 0. The fraction of sp³-hybridized carbons (Fsp3) is 0.500. The smallest absolute Gasteiger partial charge is 0.239 e. The Morgan fingerprint density at radius 3 is 2.95 bits per heavy atom. The van der Waals surface area contributed by atoms with Crippen molar-refractivity contribution < 1.29 is 13.9 Å². The molecule has 2 rings (SSSR count). The van der Waals surface area contributed by atoms with Crippen LogP contribution in [0.15, 0.2) is 24.3 Å². The maximum absolute atomic E-state index is 13.5. The molecule has 0 radical (unpaired) electrons. The third-order valence-corrected chi connectivity index (χ3v) is 3.11. The van der Waals surface area contributed by atoms with E-state index in [0.29, 0.717) is 31.7 Å². The van der Waals surface area contributed by atoms with Crippen LogP contribution in [0, 0.1) is 5.82 Å². The summed E-state index contributed by atoms with van der Waals surface area (Å²) in [5.41, 5.74) is 0.614. The van der Waals surface area contributed by atoms with Gasteiger partial charge in [0.2, 0.25) is 5.91 Å². The first kappa shape index (κ1) is 16.9. The lowest BCUT2D eigenvalue weighted by Crippen LogP contribution is -2.53. The average molecular weight is 303 g/mol. The second-order valence-electron chi connectivity index (χ2n) is 4.79. The summed E-state index contributed by atoms with van der Waals surface area (Å²) in [6, 6.07) is 6.19. The first-order valence-electron chi connectivity index (χ1n) is 6.51. The lowest BCUT2D eigenvalue weighted by Gasteiger charge is -2.24. The van der Waals surface area contributed by atoms with Gasteiger partial charge in [0.1, 0.15) is 11.9 Å². The van der Waals surface area contributed by atoms with Crippen molar-refractivity contribution in [3.05, 3.63) is 35.6 Å². The van der Waals surface area contributed by atoms with E-state index < -0.39 is 0 Å². The summed E-state index contributed by atoms with van der Waals surface area (Å²) in [4.78, 5) is 11.9. The van der Waals surface area contributed by atoms with Crippen LogP contribution >= 0.6 is 12.4 Å². The van der Waals surface area contributed by atoms with E-state index in [4.69, 9.17) is 4.74 Å². The van der Waals surface area contributed by atoms with Crippen LogP contribution in [-0.2, 0) is 16.0 Å². The third kappa shape index (κ3) is 4.74. The Kier molecular flexibility index (Phi) is 6.91. The van der Waals surface area contributed by atoms with Crippen molar-refractivity contribution in [3.63, 3.8) is 0 Å². The van der Waals surface area contributed by atoms with Gasteiger partial charge < -0.3 is 15.4 Å². The molecular weight excluding hydrogens is 283 g/mol. The Labute approximate surface area is 124 Å². The van der Waals surface area contributed by atoms with E-state index in [9.17, 15) is 9.18 Å². The minimum Gasteiger partial charge on any atom is -0.378 e. The van der Waals surface area contributed by atoms with Gasteiger partial charge in [-0.3, -0.25) is 4.79 Å². The van der Waals surface area contributed by atoms with E-state index in [2.05, 4.69) is 10.6 Å². The van der Waals surface area contributed by atoms with Gasteiger partial charge in [0.15, 0.2) is 0 Å². The molecule has 1 fully saturated rings. The third-order valence-electron chi connectivity index (χ3n) is 3.11. The summed E-state index contributed by atoms with van der Waals surface area (Å²) in [7, 11) is 0. The van der Waals surface area contributed by atoms with Gasteiger partial charge in [-0.25, -0.2) is 4.39 Å². The van der Waals surface area contributed by atoms with Crippen molar-refractivity contribution in [3.8, 4) is 0 Å². The molecule has 1 saturated heterocycles. The average Bonchev–Trinajstić information content (AvgIpc) is 2.42. The van der Waals surface area contributed by atoms with Crippen LogP contribution in [0.3, 0.4) is 0 Å². The Morgan fingerprint density at radius 1 is 1.55 bits per heavy atom. The van der Waals surface area contributed by atoms with Gasteiger partial charge in [0.25, 0.3) is 0 Å². The van der Waals surface area contributed by atoms with Gasteiger partial charge in [0.05, 0.1) is 13.2 Å². The van der Waals surface area contributed by atoms with Gasteiger partial charge in [-0.2, -0.15) is 0 Å². The molecule has 20 heavy (non-hydrogen) atoms. The lowest BCUT2D eigenvalue weighted by molar-refractivity contribution is -0.126. The summed E-state index contributed by atoms with van der Waals surface area (Å²) in [6.45, 7) is 3.57. The Morgan fingerprint density at radius 2 is 2.30 bits per heavy atom. The van der Waals surface area contributed by atoms with Crippen molar-refractivity contribution >= 4 is 18.3 Å². The summed E-state index contributed by atoms with van der Waals surface area (Å²) >= 11 is 0. The van der Waals surface area contributed by atoms with Gasteiger partial charge in [-0.15, -0.1) is 12.4 Å². The van der Waals surface area contributed by atoms with E-state index in [1.807, 2.05) is 6.92 Å². The van der Waals surface area contributed by atoms with E-state index in [-0.39, 0.29) is 36.2 Å². The number of halogens is 2. The van der Waals surface area contributed by atoms with E-state index in [0.717, 1.165) is 0 Å². The van der Waals surface area contributed by atoms with Crippen molar-refractivity contribution in [2.24, 2.45) is 0 Å². The molecule has 4 nitrogen and oxygen atoms in total. The zero-order valence-electron chi connectivity index (χ0n) is 11.4. The van der Waals surface area contributed by atoms with Crippen molar-refractivity contribution in [2.45, 2.75) is 25.4 Å². The summed E-state index contributed by atoms with van der Waals surface area (Å²) in [5.74, 6) is -0.328. The van der Waals surface area contributed by atoms with Gasteiger partial charge in [-0.1, -0.05) is 18.2 Å². The van der Waals surface area contributed by atoms with Gasteiger partial charge in [0, 0.05) is 12.6 Å². The molecule has 1 aromatic carbocycles. The number of hydrogen-bond acceptors (Lipinski definition) is 3. The molecule has 0 saturated carbocycles. The SMILES string of the molecule is CC(Cc1ccccc1F)NC(=O)C1COCCN1.Cl. The van der Waals surface area contributed by atoms with Crippen molar-refractivity contribution in [1.29, 1.82) is 0 Å². The Bertz CT molecular complexity index is 439. The highest BCUT2D eigenvalue weighted by Crippen LogP contribution is 2.09. The first-order chi connectivity index (χ1) is 9.16. The summed E-state index contributed by atoms with van der Waals surface area (Å²) in [6.07, 6.45) is 0.478. The number of carbonyl (C=O) groups is 1. The summed E-state index contributed by atoms with van der Waals surface area (Å²) in [5, 5.41) is 5.97. The quantitative estimate of drug-likeness (QED) is 0.881. The molecule has 2 unspecified atom stereocenters. The number of morpholine rings is 1. The summed E-state index contributed by atoms with van der Waals surface area (Å²) < 4.78 is 18.7. The number of nitrogens with one attached hydrogen (secondary N) is 2. The van der Waals surface area contributed by atoms with E-state index in [1.165, 1.54) is 6.07 Å². The normalized spacial score (nSPS) is 19.8. The van der Waals surface area contributed by atoms with Crippen LogP contribution in [0.4, 0.5) is 4.39 Å². The van der Waals surface area contributed by atoms with Crippen LogP contribution < -0.4 is 10.6 Å². The van der Waals surface area contributed by atoms with Crippen LogP contribution in [-0.4, -0.2) is 37.7 Å². The van der Waals surface area contributed by atoms with Crippen LogP contribution in [0.5, 0.6) is 0 Å². The highest BCUT2D eigenvalue weighted by atomic mass is 35.5.